The van der Waals surface area contributed by atoms with Crippen molar-refractivity contribution in [3.05, 3.63) is 0 Å². The molecular formula is C8F18Sn. The molecule has 0 heterocycles. The van der Waals surface area contributed by atoms with E-state index in [0.717, 1.165) is 0 Å². The van der Waals surface area contributed by atoms with Gasteiger partial charge in [-0.15, -0.1) is 0 Å². The van der Waals surface area contributed by atoms with Crippen LogP contribution < -0.4 is 0 Å². The fraction of sp³-hybridized carbons (Fsp3) is 1.00. The van der Waals surface area contributed by atoms with E-state index in [1.165, 1.54) is 0 Å². The van der Waals surface area contributed by atoms with Crippen LogP contribution in [0.1, 0.15) is 0 Å². The maximum atomic E-state index is 12.9. The van der Waals surface area contributed by atoms with E-state index in [9.17, 15) is 79.0 Å². The van der Waals surface area contributed by atoms with E-state index in [-0.39, 0.29) is 0 Å². The van der Waals surface area contributed by atoms with Gasteiger partial charge in [-0.2, -0.15) is 0 Å². The van der Waals surface area contributed by atoms with Crippen LogP contribution in [0, 0.1) is 0 Å². The molecule has 0 atom stereocenters. The molecule has 0 aliphatic heterocycles. The molecule has 0 N–H and O–H groups in total. The van der Waals surface area contributed by atoms with Gasteiger partial charge in [0, 0.05) is 0 Å². The second-order valence-electron chi connectivity index (χ2n) is 4.57. The molecule has 0 saturated carbocycles. The monoisotopic (exact) mass is 558 g/mol. The number of hydrogen-bond donors (Lipinski definition) is 0. The summed E-state index contributed by atoms with van der Waals surface area (Å²) >= 11 is -6.91. The summed E-state index contributed by atoms with van der Waals surface area (Å²) in [5, 5.41) is 0. The predicted octanol–water partition coefficient (Wildman–Crippen LogP) is 5.54. The van der Waals surface area contributed by atoms with E-state index in [4.69, 9.17) is 0 Å². The molecule has 0 unspecified atom stereocenters. The van der Waals surface area contributed by atoms with Gasteiger partial charge in [0.1, 0.15) is 0 Å². The fourth-order valence-electron chi connectivity index (χ4n) is 1.10. The van der Waals surface area contributed by atoms with Gasteiger partial charge in [0.25, 0.3) is 0 Å². The van der Waals surface area contributed by atoms with E-state index in [1.54, 1.807) is 0 Å². The second-order valence-corrected chi connectivity index (χ2v) is 8.86. The Kier molecular flexibility index (Phi) is 6.42. The van der Waals surface area contributed by atoms with Gasteiger partial charge in [0.05, 0.1) is 0 Å². The number of rotatable bonds is 6. The van der Waals surface area contributed by atoms with Crippen LogP contribution in [-0.2, 0) is 0 Å². The average molecular weight is 557 g/mol. The van der Waals surface area contributed by atoms with Crippen LogP contribution in [0.3, 0.4) is 0 Å². The first-order valence-electron chi connectivity index (χ1n) is 5.40. The van der Waals surface area contributed by atoms with E-state index in [0.29, 0.717) is 0 Å². The summed E-state index contributed by atoms with van der Waals surface area (Å²) in [7, 11) is 0. The van der Waals surface area contributed by atoms with Crippen molar-refractivity contribution in [2.45, 2.75) is 43.9 Å². The molecule has 0 amide bonds. The van der Waals surface area contributed by atoms with Crippen LogP contribution in [0.5, 0.6) is 0 Å². The minimum absolute atomic E-state index is 6.91. The first-order chi connectivity index (χ1) is 11.2. The first kappa shape index (κ1) is 26.5. The Balaban J connectivity index is 6.19. The molecule has 0 aromatic rings. The van der Waals surface area contributed by atoms with Crippen LogP contribution in [0.4, 0.5) is 79.0 Å². The molecule has 19 heteroatoms. The third-order valence-corrected chi connectivity index (χ3v) is 6.19. The first-order valence-corrected chi connectivity index (χ1v) is 8.26. The van der Waals surface area contributed by atoms with E-state index >= 15 is 0 Å². The molecule has 0 aromatic carbocycles. The molecule has 0 spiro atoms. The summed E-state index contributed by atoms with van der Waals surface area (Å²) in [6, 6.07) is 0. The maximum absolute atomic E-state index is 12.9. The van der Waals surface area contributed by atoms with Crippen molar-refractivity contribution in [3.63, 3.8) is 0 Å². The zero-order chi connectivity index (χ0) is 22.7. The Hall–Kier alpha value is -0.461. The van der Waals surface area contributed by atoms with Crippen molar-refractivity contribution in [3.8, 4) is 0 Å². The molecular weight excluding hydrogens is 557 g/mol. The predicted molar refractivity (Wildman–Crippen MR) is 47.5 cm³/mol. The quantitative estimate of drug-likeness (QED) is 0.298. The van der Waals surface area contributed by atoms with Crippen LogP contribution in [-0.4, -0.2) is 65.1 Å². The number of halogens is 18. The topological polar surface area (TPSA) is 0 Å². The summed E-state index contributed by atoms with van der Waals surface area (Å²) in [5.74, 6) is -31.3. The fourth-order valence-corrected chi connectivity index (χ4v) is 4.02. The molecule has 0 aliphatic carbocycles. The standard InChI is InChI=1S/2C4F9.Sn/c2*5-1(6)2(7,8)3(9,10)4(11,12)13;. The second kappa shape index (κ2) is 6.53. The van der Waals surface area contributed by atoms with Crippen LogP contribution in [0.2, 0.25) is 0 Å². The Morgan fingerprint density at radius 2 is 0.481 bits per heavy atom. The molecule has 162 valence electrons. The molecule has 27 heavy (non-hydrogen) atoms. The molecule has 0 rings (SSSR count). The van der Waals surface area contributed by atoms with Gasteiger partial charge in [-0.1, -0.05) is 0 Å². The SMILES string of the molecule is FC(F)(F)C(F)(F)C(F)(F)[C](F)(F)[Sn][C](F)(F)C(F)(F)C(F)(F)C(F)(F)F. The van der Waals surface area contributed by atoms with E-state index in [1.807, 2.05) is 0 Å². The van der Waals surface area contributed by atoms with Crippen LogP contribution >= 0.6 is 0 Å². The minimum atomic E-state index is -7.85. The third kappa shape index (κ3) is 3.99. The summed E-state index contributed by atoms with van der Waals surface area (Å²) in [6.07, 6.45) is -15.1. The molecule has 0 aliphatic rings. The van der Waals surface area contributed by atoms with Crippen LogP contribution in [0.15, 0.2) is 0 Å². The van der Waals surface area contributed by atoms with Gasteiger partial charge in [-0.05, 0) is 0 Å². The molecule has 0 bridgehead atoms. The summed E-state index contributed by atoms with van der Waals surface area (Å²) in [4.78, 5) is 0. The average Bonchev–Trinajstić information content (AvgIpc) is 2.33. The van der Waals surface area contributed by atoms with Gasteiger partial charge in [-0.3, -0.25) is 0 Å². The van der Waals surface area contributed by atoms with Gasteiger partial charge < -0.3 is 0 Å². The Morgan fingerprint density at radius 1 is 0.296 bits per heavy atom. The summed E-state index contributed by atoms with van der Waals surface area (Å²) in [6.45, 7) is 0. The zero-order valence-electron chi connectivity index (χ0n) is 11.3. The van der Waals surface area contributed by atoms with Crippen molar-refractivity contribution in [2.24, 2.45) is 0 Å². The Morgan fingerprint density at radius 3 is 0.630 bits per heavy atom. The van der Waals surface area contributed by atoms with Crippen molar-refractivity contribution < 1.29 is 79.0 Å². The summed E-state index contributed by atoms with van der Waals surface area (Å²) < 4.78 is 208. The zero-order valence-corrected chi connectivity index (χ0v) is 14.2. The van der Waals surface area contributed by atoms with Crippen molar-refractivity contribution >= 4 is 21.1 Å². The van der Waals surface area contributed by atoms with E-state index < -0.39 is 65.1 Å². The van der Waals surface area contributed by atoms with Gasteiger partial charge in [-0.25, -0.2) is 0 Å². The van der Waals surface area contributed by atoms with Crippen LogP contribution in [0.25, 0.3) is 0 Å². The summed E-state index contributed by atoms with van der Waals surface area (Å²) in [5.41, 5.74) is 0. The van der Waals surface area contributed by atoms with Gasteiger partial charge in [0.15, 0.2) is 0 Å². The van der Waals surface area contributed by atoms with Crippen molar-refractivity contribution in [1.82, 2.24) is 0 Å². The molecule has 0 fully saturated rings. The molecule has 0 nitrogen and oxygen atoms in total. The van der Waals surface area contributed by atoms with Gasteiger partial charge in [0.2, 0.25) is 0 Å². The van der Waals surface area contributed by atoms with Crippen molar-refractivity contribution in [1.29, 1.82) is 0 Å². The Labute approximate surface area is 145 Å². The van der Waals surface area contributed by atoms with Gasteiger partial charge >= 0.3 is 144 Å². The molecule has 2 radical (unpaired) electrons. The molecule has 0 saturated heterocycles. The normalized spacial score (nSPS) is 16.7. The molecule has 0 aromatic heterocycles. The third-order valence-electron chi connectivity index (χ3n) is 2.60. The van der Waals surface area contributed by atoms with E-state index in [2.05, 4.69) is 0 Å². The van der Waals surface area contributed by atoms with Crippen molar-refractivity contribution in [2.75, 3.05) is 0 Å². The number of alkyl halides is 18. The number of hydrogen-bond acceptors (Lipinski definition) is 0. The Bertz CT molecular complexity index is 489.